The molecule has 1 heterocycles. The van der Waals surface area contributed by atoms with E-state index in [1.807, 2.05) is 32.0 Å². The minimum atomic E-state index is -0.433. The van der Waals surface area contributed by atoms with Gasteiger partial charge in [-0.25, -0.2) is 4.79 Å². The Labute approximate surface area is 113 Å². The Morgan fingerprint density at radius 1 is 1.32 bits per heavy atom. The van der Waals surface area contributed by atoms with Crippen molar-refractivity contribution in [2.45, 2.75) is 32.7 Å². The van der Waals surface area contributed by atoms with Crippen molar-refractivity contribution in [2.75, 3.05) is 13.7 Å². The molecular formula is C15H19NO3. The highest BCUT2D eigenvalue weighted by Gasteiger charge is 2.35. The molecule has 1 amide bonds. The topological polar surface area (TPSA) is 46.6 Å². The molecule has 1 saturated heterocycles. The number of likely N-dealkylation sites (tertiary alicyclic amines) is 1. The van der Waals surface area contributed by atoms with Crippen LogP contribution in [0.25, 0.3) is 0 Å². The zero-order chi connectivity index (χ0) is 14.0. The van der Waals surface area contributed by atoms with Crippen LogP contribution < -0.4 is 0 Å². The van der Waals surface area contributed by atoms with Gasteiger partial charge in [0, 0.05) is 12.1 Å². The van der Waals surface area contributed by atoms with Gasteiger partial charge in [0.05, 0.1) is 7.11 Å². The average molecular weight is 261 g/mol. The summed E-state index contributed by atoms with van der Waals surface area (Å²) in [5.74, 6) is -0.398. The van der Waals surface area contributed by atoms with Crippen molar-refractivity contribution in [1.29, 1.82) is 0 Å². The Balaban J connectivity index is 2.28. The number of amides is 1. The third-order valence-electron chi connectivity index (χ3n) is 3.61. The van der Waals surface area contributed by atoms with E-state index in [1.54, 1.807) is 4.90 Å². The lowest BCUT2D eigenvalue weighted by molar-refractivity contribution is -0.145. The van der Waals surface area contributed by atoms with Crippen molar-refractivity contribution >= 4 is 11.9 Å². The van der Waals surface area contributed by atoms with Crippen molar-refractivity contribution in [3.8, 4) is 0 Å². The summed E-state index contributed by atoms with van der Waals surface area (Å²) < 4.78 is 4.77. The smallest absolute Gasteiger partial charge is 0.328 e. The van der Waals surface area contributed by atoms with Crippen LogP contribution >= 0.6 is 0 Å². The number of carbonyl (C=O) groups is 2. The summed E-state index contributed by atoms with van der Waals surface area (Å²) in [4.78, 5) is 25.9. The molecule has 0 bridgehead atoms. The maximum Gasteiger partial charge on any atom is 0.328 e. The first-order chi connectivity index (χ1) is 9.04. The predicted octanol–water partition coefficient (Wildman–Crippen LogP) is 2.08. The van der Waals surface area contributed by atoms with Crippen LogP contribution in [0.3, 0.4) is 0 Å². The Bertz CT molecular complexity index is 510. The van der Waals surface area contributed by atoms with Crippen LogP contribution in [0.2, 0.25) is 0 Å². The van der Waals surface area contributed by atoms with Crippen LogP contribution in [0.5, 0.6) is 0 Å². The molecule has 0 saturated carbocycles. The highest BCUT2D eigenvalue weighted by Crippen LogP contribution is 2.23. The maximum atomic E-state index is 12.6. The summed E-state index contributed by atoms with van der Waals surface area (Å²) in [5, 5.41) is 0. The number of hydrogen-bond acceptors (Lipinski definition) is 3. The minimum absolute atomic E-state index is 0.0749. The molecule has 1 atom stereocenters. The molecule has 0 aromatic heterocycles. The van der Waals surface area contributed by atoms with Crippen LogP contribution in [0.15, 0.2) is 18.2 Å². The molecule has 0 radical (unpaired) electrons. The number of aryl methyl sites for hydroxylation is 2. The highest BCUT2D eigenvalue weighted by atomic mass is 16.5. The molecule has 1 aliphatic rings. The summed E-state index contributed by atoms with van der Waals surface area (Å²) in [5.41, 5.74) is 2.66. The molecule has 102 valence electrons. The Morgan fingerprint density at radius 2 is 2.05 bits per heavy atom. The maximum absolute atomic E-state index is 12.6. The molecule has 0 spiro atoms. The third-order valence-corrected chi connectivity index (χ3v) is 3.61. The number of carbonyl (C=O) groups excluding carboxylic acids is 2. The lowest BCUT2D eigenvalue weighted by Gasteiger charge is -2.23. The average Bonchev–Trinajstić information content (AvgIpc) is 2.89. The van der Waals surface area contributed by atoms with E-state index in [9.17, 15) is 9.59 Å². The second-order valence-electron chi connectivity index (χ2n) is 5.00. The first-order valence-corrected chi connectivity index (χ1v) is 6.50. The van der Waals surface area contributed by atoms with E-state index in [2.05, 4.69) is 0 Å². The van der Waals surface area contributed by atoms with Gasteiger partial charge in [0.1, 0.15) is 6.04 Å². The predicted molar refractivity (Wildman–Crippen MR) is 72.0 cm³/mol. The van der Waals surface area contributed by atoms with Gasteiger partial charge < -0.3 is 9.64 Å². The standard InChI is InChI=1S/C15H19NO3/c1-10-6-7-11(2)12(9-10)14(17)16-8-4-5-13(16)15(18)19-3/h6-7,9,13H,4-5,8H2,1-3H3. The molecule has 4 heteroatoms. The van der Waals surface area contributed by atoms with Gasteiger partial charge in [0.2, 0.25) is 0 Å². The lowest BCUT2D eigenvalue weighted by atomic mass is 10.0. The van der Waals surface area contributed by atoms with E-state index in [0.29, 0.717) is 18.5 Å². The summed E-state index contributed by atoms with van der Waals surface area (Å²) in [6.45, 7) is 4.49. The van der Waals surface area contributed by atoms with E-state index in [1.165, 1.54) is 7.11 Å². The van der Waals surface area contributed by atoms with Gasteiger partial charge in [-0.15, -0.1) is 0 Å². The van der Waals surface area contributed by atoms with Crippen LogP contribution in [0.4, 0.5) is 0 Å². The largest absolute Gasteiger partial charge is 0.467 e. The molecule has 1 aromatic carbocycles. The molecule has 1 unspecified atom stereocenters. The first kappa shape index (κ1) is 13.6. The molecule has 1 aromatic rings. The van der Waals surface area contributed by atoms with Gasteiger partial charge >= 0.3 is 5.97 Å². The molecule has 2 rings (SSSR count). The van der Waals surface area contributed by atoms with E-state index in [0.717, 1.165) is 17.5 Å². The van der Waals surface area contributed by atoms with Crippen LogP contribution in [-0.4, -0.2) is 36.5 Å². The van der Waals surface area contributed by atoms with E-state index < -0.39 is 6.04 Å². The number of methoxy groups -OCH3 is 1. The third kappa shape index (κ3) is 2.62. The number of hydrogen-bond donors (Lipinski definition) is 0. The molecule has 4 nitrogen and oxygen atoms in total. The van der Waals surface area contributed by atoms with E-state index >= 15 is 0 Å². The van der Waals surface area contributed by atoms with Crippen LogP contribution in [0.1, 0.15) is 34.3 Å². The summed E-state index contributed by atoms with van der Waals surface area (Å²) in [6, 6.07) is 5.36. The lowest BCUT2D eigenvalue weighted by Crippen LogP contribution is -2.41. The second kappa shape index (κ2) is 5.43. The fourth-order valence-corrected chi connectivity index (χ4v) is 2.51. The SMILES string of the molecule is COC(=O)C1CCCN1C(=O)c1cc(C)ccc1C. The van der Waals surface area contributed by atoms with E-state index in [4.69, 9.17) is 4.74 Å². The second-order valence-corrected chi connectivity index (χ2v) is 5.00. The van der Waals surface area contributed by atoms with E-state index in [-0.39, 0.29) is 11.9 Å². The van der Waals surface area contributed by atoms with Gasteiger partial charge in [-0.3, -0.25) is 4.79 Å². The number of rotatable bonds is 2. The van der Waals surface area contributed by atoms with Gasteiger partial charge in [-0.1, -0.05) is 17.7 Å². The van der Waals surface area contributed by atoms with Crippen molar-refractivity contribution < 1.29 is 14.3 Å². The van der Waals surface area contributed by atoms with Crippen LogP contribution in [-0.2, 0) is 9.53 Å². The number of benzene rings is 1. The number of ether oxygens (including phenoxy) is 1. The summed E-state index contributed by atoms with van der Waals surface area (Å²) in [6.07, 6.45) is 1.53. The van der Waals surface area contributed by atoms with Gasteiger partial charge in [0.25, 0.3) is 5.91 Å². The monoisotopic (exact) mass is 261 g/mol. The Hall–Kier alpha value is -1.84. The zero-order valence-corrected chi connectivity index (χ0v) is 11.6. The van der Waals surface area contributed by atoms with Crippen molar-refractivity contribution in [3.63, 3.8) is 0 Å². The molecule has 19 heavy (non-hydrogen) atoms. The molecule has 1 fully saturated rings. The molecule has 0 aliphatic carbocycles. The molecule has 0 N–H and O–H groups in total. The minimum Gasteiger partial charge on any atom is -0.467 e. The first-order valence-electron chi connectivity index (χ1n) is 6.50. The van der Waals surface area contributed by atoms with Gasteiger partial charge in [-0.2, -0.15) is 0 Å². The summed E-state index contributed by atoms with van der Waals surface area (Å²) >= 11 is 0. The van der Waals surface area contributed by atoms with Crippen LogP contribution in [0, 0.1) is 13.8 Å². The normalized spacial score (nSPS) is 18.5. The molecular weight excluding hydrogens is 242 g/mol. The summed E-state index contributed by atoms with van der Waals surface area (Å²) in [7, 11) is 1.36. The van der Waals surface area contributed by atoms with Crippen molar-refractivity contribution in [3.05, 3.63) is 34.9 Å². The Morgan fingerprint density at radius 3 is 2.74 bits per heavy atom. The van der Waals surface area contributed by atoms with Crippen molar-refractivity contribution in [1.82, 2.24) is 4.90 Å². The fourth-order valence-electron chi connectivity index (χ4n) is 2.51. The highest BCUT2D eigenvalue weighted by molar-refractivity contribution is 5.98. The van der Waals surface area contributed by atoms with Gasteiger partial charge in [0.15, 0.2) is 0 Å². The quantitative estimate of drug-likeness (QED) is 0.766. The van der Waals surface area contributed by atoms with Gasteiger partial charge in [-0.05, 0) is 38.3 Å². The van der Waals surface area contributed by atoms with Crippen molar-refractivity contribution in [2.24, 2.45) is 0 Å². The number of esters is 1. The molecule has 1 aliphatic heterocycles. The zero-order valence-electron chi connectivity index (χ0n) is 11.6. The number of nitrogens with zero attached hydrogens (tertiary/aromatic N) is 1. The Kier molecular flexibility index (Phi) is 3.88. The fraction of sp³-hybridized carbons (Fsp3) is 0.467.